The molecule has 0 aliphatic carbocycles. The quantitative estimate of drug-likeness (QED) is 0.637. The van der Waals surface area contributed by atoms with Crippen molar-refractivity contribution in [2.45, 2.75) is 32.9 Å². The standard InChI is InChI=1S/C15H17N/c1-15(2,3)16-10-12-8-4-6-11-7-5-9-13(16)14(11)12/h4-9H,10H2,1-3H3. The van der Waals surface area contributed by atoms with Crippen molar-refractivity contribution in [1.29, 1.82) is 0 Å². The third-order valence-corrected chi connectivity index (χ3v) is 3.40. The molecule has 0 bridgehead atoms. The Morgan fingerprint density at radius 3 is 2.38 bits per heavy atom. The molecular formula is C15H17N. The molecule has 0 aromatic heterocycles. The molecule has 0 radical (unpaired) electrons. The SMILES string of the molecule is CC(C)(C)N1Cc2cccc3cccc1c23. The van der Waals surface area contributed by atoms with Gasteiger partial charge in [-0.3, -0.25) is 0 Å². The van der Waals surface area contributed by atoms with Crippen LogP contribution in [0.5, 0.6) is 0 Å². The molecule has 0 amide bonds. The van der Waals surface area contributed by atoms with Crippen molar-refractivity contribution >= 4 is 16.5 Å². The van der Waals surface area contributed by atoms with E-state index >= 15 is 0 Å². The predicted octanol–water partition coefficient (Wildman–Crippen LogP) is 3.96. The van der Waals surface area contributed by atoms with E-state index in [-0.39, 0.29) is 5.54 Å². The van der Waals surface area contributed by atoms with Gasteiger partial charge in [-0.15, -0.1) is 0 Å². The van der Waals surface area contributed by atoms with Gasteiger partial charge in [-0.05, 0) is 37.8 Å². The summed E-state index contributed by atoms with van der Waals surface area (Å²) in [6, 6.07) is 13.2. The minimum atomic E-state index is 0.188. The average Bonchev–Trinajstić information content (AvgIpc) is 2.60. The molecule has 0 fully saturated rings. The molecule has 0 atom stereocenters. The number of hydrogen-bond acceptors (Lipinski definition) is 1. The van der Waals surface area contributed by atoms with Crippen molar-refractivity contribution < 1.29 is 0 Å². The van der Waals surface area contributed by atoms with E-state index in [2.05, 4.69) is 62.1 Å². The Kier molecular flexibility index (Phi) is 1.82. The summed E-state index contributed by atoms with van der Waals surface area (Å²) in [6.45, 7) is 7.87. The van der Waals surface area contributed by atoms with Crippen molar-refractivity contribution in [2.24, 2.45) is 0 Å². The second-order valence-corrected chi connectivity index (χ2v) is 5.55. The Morgan fingerprint density at radius 1 is 1.00 bits per heavy atom. The van der Waals surface area contributed by atoms with E-state index in [0.29, 0.717) is 0 Å². The molecule has 1 nitrogen and oxygen atoms in total. The highest BCUT2D eigenvalue weighted by Gasteiger charge is 2.28. The van der Waals surface area contributed by atoms with Crippen LogP contribution in [-0.4, -0.2) is 5.54 Å². The van der Waals surface area contributed by atoms with Crippen LogP contribution >= 0.6 is 0 Å². The van der Waals surface area contributed by atoms with E-state index in [4.69, 9.17) is 0 Å². The molecule has 1 heteroatoms. The van der Waals surface area contributed by atoms with E-state index in [1.54, 1.807) is 0 Å². The van der Waals surface area contributed by atoms with Crippen LogP contribution in [0.2, 0.25) is 0 Å². The number of benzene rings is 2. The highest BCUT2D eigenvalue weighted by atomic mass is 15.2. The zero-order valence-corrected chi connectivity index (χ0v) is 10.1. The van der Waals surface area contributed by atoms with Gasteiger partial charge in [0, 0.05) is 23.2 Å². The van der Waals surface area contributed by atoms with Gasteiger partial charge in [-0.25, -0.2) is 0 Å². The summed E-state index contributed by atoms with van der Waals surface area (Å²) < 4.78 is 0. The fourth-order valence-electron chi connectivity index (χ4n) is 2.61. The molecule has 1 heterocycles. The first-order chi connectivity index (χ1) is 7.57. The molecule has 2 aromatic carbocycles. The second kappa shape index (κ2) is 3.00. The van der Waals surface area contributed by atoms with Crippen LogP contribution in [0.15, 0.2) is 36.4 Å². The molecule has 3 rings (SSSR count). The first-order valence-corrected chi connectivity index (χ1v) is 5.86. The Labute approximate surface area is 96.7 Å². The van der Waals surface area contributed by atoms with Crippen LogP contribution < -0.4 is 4.90 Å². The van der Waals surface area contributed by atoms with Gasteiger partial charge >= 0.3 is 0 Å². The molecule has 2 aromatic rings. The first-order valence-electron chi connectivity index (χ1n) is 5.86. The fourth-order valence-corrected chi connectivity index (χ4v) is 2.61. The van der Waals surface area contributed by atoms with Gasteiger partial charge in [0.25, 0.3) is 0 Å². The highest BCUT2D eigenvalue weighted by Crippen LogP contribution is 2.40. The molecule has 0 spiro atoms. The van der Waals surface area contributed by atoms with E-state index in [9.17, 15) is 0 Å². The molecule has 0 unspecified atom stereocenters. The van der Waals surface area contributed by atoms with Crippen LogP contribution in [0.1, 0.15) is 26.3 Å². The summed E-state index contributed by atoms with van der Waals surface area (Å²) in [6.07, 6.45) is 0. The average molecular weight is 211 g/mol. The third-order valence-electron chi connectivity index (χ3n) is 3.40. The molecular weight excluding hydrogens is 194 g/mol. The minimum Gasteiger partial charge on any atom is -0.362 e. The molecule has 1 aliphatic rings. The minimum absolute atomic E-state index is 0.188. The number of hydrogen-bond donors (Lipinski definition) is 0. The summed E-state index contributed by atoms with van der Waals surface area (Å²) in [7, 11) is 0. The van der Waals surface area contributed by atoms with E-state index < -0.39 is 0 Å². The maximum Gasteiger partial charge on any atom is 0.0456 e. The van der Waals surface area contributed by atoms with Crippen LogP contribution in [0.3, 0.4) is 0 Å². The van der Waals surface area contributed by atoms with Crippen molar-refractivity contribution in [3.05, 3.63) is 42.0 Å². The molecule has 16 heavy (non-hydrogen) atoms. The smallest absolute Gasteiger partial charge is 0.0456 e. The van der Waals surface area contributed by atoms with Gasteiger partial charge in [0.2, 0.25) is 0 Å². The third kappa shape index (κ3) is 1.24. The Hall–Kier alpha value is -1.50. The van der Waals surface area contributed by atoms with Gasteiger partial charge in [0.15, 0.2) is 0 Å². The highest BCUT2D eigenvalue weighted by molar-refractivity contribution is 5.99. The normalized spacial score (nSPS) is 14.8. The van der Waals surface area contributed by atoms with Gasteiger partial charge in [0.1, 0.15) is 0 Å². The van der Waals surface area contributed by atoms with Gasteiger partial charge in [-0.2, -0.15) is 0 Å². The summed E-state index contributed by atoms with van der Waals surface area (Å²) in [4.78, 5) is 2.49. The summed E-state index contributed by atoms with van der Waals surface area (Å²) in [5.74, 6) is 0. The summed E-state index contributed by atoms with van der Waals surface area (Å²) >= 11 is 0. The summed E-state index contributed by atoms with van der Waals surface area (Å²) in [5, 5.41) is 2.81. The number of anilines is 1. The topological polar surface area (TPSA) is 3.24 Å². The molecule has 0 N–H and O–H groups in total. The van der Waals surface area contributed by atoms with Crippen LogP contribution in [0.25, 0.3) is 10.8 Å². The molecule has 0 saturated carbocycles. The maximum absolute atomic E-state index is 2.49. The number of rotatable bonds is 0. The van der Waals surface area contributed by atoms with Gasteiger partial charge in [0.05, 0.1) is 0 Å². The lowest BCUT2D eigenvalue weighted by molar-refractivity contribution is 0.509. The van der Waals surface area contributed by atoms with Crippen molar-refractivity contribution in [1.82, 2.24) is 0 Å². The van der Waals surface area contributed by atoms with Crippen LogP contribution in [-0.2, 0) is 6.54 Å². The van der Waals surface area contributed by atoms with Gasteiger partial charge in [-0.1, -0.05) is 30.3 Å². The van der Waals surface area contributed by atoms with Crippen LogP contribution in [0.4, 0.5) is 5.69 Å². The van der Waals surface area contributed by atoms with Crippen molar-refractivity contribution in [3.63, 3.8) is 0 Å². The zero-order chi connectivity index (χ0) is 11.3. The Morgan fingerprint density at radius 2 is 1.69 bits per heavy atom. The second-order valence-electron chi connectivity index (χ2n) is 5.55. The van der Waals surface area contributed by atoms with Crippen LogP contribution in [0, 0.1) is 0 Å². The molecule has 1 aliphatic heterocycles. The van der Waals surface area contributed by atoms with Gasteiger partial charge < -0.3 is 4.90 Å². The zero-order valence-electron chi connectivity index (χ0n) is 10.1. The predicted molar refractivity (Wildman–Crippen MR) is 69.9 cm³/mol. The first kappa shape index (κ1) is 9.71. The van der Waals surface area contributed by atoms with Crippen molar-refractivity contribution in [3.8, 4) is 0 Å². The monoisotopic (exact) mass is 211 g/mol. The van der Waals surface area contributed by atoms with Crippen molar-refractivity contribution in [2.75, 3.05) is 4.90 Å². The maximum atomic E-state index is 2.49. The number of nitrogens with zero attached hydrogens (tertiary/aromatic N) is 1. The lowest BCUT2D eigenvalue weighted by Crippen LogP contribution is -2.38. The fraction of sp³-hybridized carbons (Fsp3) is 0.333. The lowest BCUT2D eigenvalue weighted by atomic mass is 10.0. The van der Waals surface area contributed by atoms with E-state index in [0.717, 1.165) is 6.54 Å². The van der Waals surface area contributed by atoms with E-state index in [1.807, 2.05) is 0 Å². The van der Waals surface area contributed by atoms with E-state index in [1.165, 1.54) is 22.0 Å². The Balaban J connectivity index is 2.29. The Bertz CT molecular complexity index is 544. The molecule has 82 valence electrons. The molecule has 0 saturated heterocycles. The lowest BCUT2D eigenvalue weighted by Gasteiger charge is -2.34. The largest absolute Gasteiger partial charge is 0.362 e. The summed E-state index contributed by atoms with van der Waals surface area (Å²) in [5.41, 5.74) is 3.04.